The highest BCUT2D eigenvalue weighted by atomic mass is 19.1. The van der Waals surface area contributed by atoms with E-state index in [1.807, 2.05) is 0 Å². The third-order valence-electron chi connectivity index (χ3n) is 7.27. The van der Waals surface area contributed by atoms with Gasteiger partial charge in [0.25, 0.3) is 29.5 Å². The maximum Gasteiger partial charge on any atom is 0.303 e. The molecule has 0 aromatic heterocycles. The molecule has 3 aliphatic rings. The zero-order valence-corrected chi connectivity index (χ0v) is 22.5. The number of hydrogen-bond donors (Lipinski definition) is 11. The van der Waals surface area contributed by atoms with Crippen LogP contribution in [0.5, 0.6) is 17.2 Å². The lowest BCUT2D eigenvalue weighted by atomic mass is 9.90. The average Bonchev–Trinajstić information content (AvgIpc) is 3.29. The summed E-state index contributed by atoms with van der Waals surface area (Å²) in [5.41, 5.74) is -3.11. The molecule has 0 spiro atoms. The van der Waals surface area contributed by atoms with Crippen molar-refractivity contribution in [3.8, 4) is 17.2 Å². The Morgan fingerprint density at radius 3 is 2.18 bits per heavy atom. The Morgan fingerprint density at radius 2 is 1.59 bits per heavy atom. The minimum Gasteiger partial charge on any atom is -0.505 e. The monoisotopic (exact) mass is 629 g/mol. The fourth-order valence-corrected chi connectivity index (χ4v) is 4.80. The second kappa shape index (κ2) is 11.4. The van der Waals surface area contributed by atoms with E-state index in [0.717, 1.165) is 0 Å². The minimum atomic E-state index is -4.06. The lowest BCUT2D eigenvalue weighted by Crippen LogP contribution is -2.79. The number of aliphatic hydroxyl groups is 7. The molecule has 3 saturated heterocycles. The number of nitrogens with one attached hydrogen (secondary N) is 1. The zero-order valence-electron chi connectivity index (χ0n) is 22.5. The van der Waals surface area contributed by atoms with Crippen LogP contribution in [0.1, 0.15) is 11.1 Å². The first kappa shape index (κ1) is 32.3. The van der Waals surface area contributed by atoms with E-state index in [1.54, 1.807) is 4.90 Å². The van der Waals surface area contributed by atoms with Crippen molar-refractivity contribution in [1.29, 1.82) is 0 Å². The second-order valence-electron chi connectivity index (χ2n) is 10.0. The highest BCUT2D eigenvalue weighted by molar-refractivity contribution is 6.09. The van der Waals surface area contributed by atoms with Crippen molar-refractivity contribution >= 4 is 17.7 Å². The van der Waals surface area contributed by atoms with Crippen LogP contribution >= 0.6 is 0 Å². The molecule has 1 unspecified atom stereocenters. The molecule has 1 aromatic carbocycles. The largest absolute Gasteiger partial charge is 0.505 e. The van der Waals surface area contributed by atoms with Crippen LogP contribution in [0.4, 0.5) is 4.39 Å². The summed E-state index contributed by atoms with van der Waals surface area (Å²) >= 11 is 0. The number of imide groups is 1. The Labute approximate surface area is 245 Å². The summed E-state index contributed by atoms with van der Waals surface area (Å²) in [4.78, 5) is 39.3. The maximum atomic E-state index is 15.1. The van der Waals surface area contributed by atoms with Crippen molar-refractivity contribution in [2.45, 2.75) is 30.8 Å². The van der Waals surface area contributed by atoms with E-state index in [0.29, 0.717) is 26.3 Å². The van der Waals surface area contributed by atoms with Gasteiger partial charge in [-0.15, -0.1) is 0 Å². The van der Waals surface area contributed by atoms with Gasteiger partial charge in [-0.1, -0.05) is 6.58 Å². The lowest BCUT2D eigenvalue weighted by Gasteiger charge is -2.44. The van der Waals surface area contributed by atoms with Gasteiger partial charge in [0.05, 0.1) is 42.0 Å². The molecule has 19 heteroatoms. The van der Waals surface area contributed by atoms with Crippen LogP contribution in [-0.2, 0) is 37.0 Å². The van der Waals surface area contributed by atoms with Gasteiger partial charge >= 0.3 is 5.79 Å². The van der Waals surface area contributed by atoms with Crippen molar-refractivity contribution in [3.63, 3.8) is 0 Å². The maximum absolute atomic E-state index is 15.1. The van der Waals surface area contributed by atoms with Crippen LogP contribution in [0, 0.1) is 5.82 Å². The number of rotatable bonds is 7. The van der Waals surface area contributed by atoms with Crippen LogP contribution in [0.15, 0.2) is 35.2 Å². The summed E-state index contributed by atoms with van der Waals surface area (Å²) in [5, 5.41) is 104. The quantitative estimate of drug-likeness (QED) is 0.0362. The molecule has 3 amide bonds. The molecule has 3 heterocycles. The third kappa shape index (κ3) is 5.20. The summed E-state index contributed by atoms with van der Waals surface area (Å²) in [6.07, 6.45) is 0. The lowest BCUT2D eigenvalue weighted by molar-refractivity contribution is -0.355. The standard InChI is InChI=1S/C25H28FN3O15/c1-9(30)15(31)13-10(7-29(21(13)36)19-20(35)27-23(38)25(41,42)24(19,39)40)22(37)44-8-12-14(26)16(32)11(17(33)18(12)34)6-28-2-4-43-5-3-28/h19,30-34,37,39-42H,1-8H2,(H,27,35,38)/b15-13-,22-10+. The minimum absolute atomic E-state index is 0.155. The van der Waals surface area contributed by atoms with E-state index >= 15 is 4.39 Å². The van der Waals surface area contributed by atoms with Crippen molar-refractivity contribution < 1.29 is 79.3 Å². The van der Waals surface area contributed by atoms with Gasteiger partial charge in [-0.3, -0.25) is 24.6 Å². The van der Waals surface area contributed by atoms with Gasteiger partial charge < -0.3 is 65.4 Å². The number of hydrogen-bond acceptors (Lipinski definition) is 16. The number of morpholine rings is 1. The van der Waals surface area contributed by atoms with Crippen LogP contribution in [0.2, 0.25) is 0 Å². The third-order valence-corrected chi connectivity index (χ3v) is 7.27. The summed E-state index contributed by atoms with van der Waals surface area (Å²) < 4.78 is 25.3. The number of aliphatic hydroxyl groups excluding tert-OH is 3. The van der Waals surface area contributed by atoms with Crippen molar-refractivity contribution in [2.75, 3.05) is 32.8 Å². The van der Waals surface area contributed by atoms with E-state index in [4.69, 9.17) is 9.47 Å². The Bertz CT molecular complexity index is 1470. The molecule has 0 aliphatic carbocycles. The highest BCUT2D eigenvalue weighted by Crippen LogP contribution is 2.43. The van der Waals surface area contributed by atoms with E-state index in [2.05, 4.69) is 6.58 Å². The average molecular weight is 630 g/mol. The van der Waals surface area contributed by atoms with Crippen LogP contribution < -0.4 is 5.32 Å². The number of aromatic hydroxyl groups is 3. The number of phenolic OH excluding ortho intramolecular Hbond substituents is 3. The number of amides is 3. The highest BCUT2D eigenvalue weighted by Gasteiger charge is 2.67. The molecule has 0 radical (unpaired) electrons. The first-order chi connectivity index (χ1) is 20.4. The van der Waals surface area contributed by atoms with Crippen molar-refractivity contribution in [2.24, 2.45) is 0 Å². The molecule has 240 valence electrons. The fraction of sp³-hybridized carbons (Fsp3) is 0.400. The molecule has 44 heavy (non-hydrogen) atoms. The van der Waals surface area contributed by atoms with Crippen molar-refractivity contribution in [3.05, 3.63) is 52.1 Å². The molecule has 3 aliphatic heterocycles. The van der Waals surface area contributed by atoms with Gasteiger partial charge in [0.15, 0.2) is 40.6 Å². The van der Waals surface area contributed by atoms with Gasteiger partial charge in [-0.05, 0) is 0 Å². The number of carbonyl (C=O) groups excluding carboxylic acids is 3. The Morgan fingerprint density at radius 1 is 1.00 bits per heavy atom. The molecule has 1 atom stereocenters. The van der Waals surface area contributed by atoms with Gasteiger partial charge in [0.1, 0.15) is 6.61 Å². The number of benzene rings is 1. The van der Waals surface area contributed by atoms with Gasteiger partial charge in [0, 0.05) is 19.6 Å². The molecular formula is C25H28FN3O15. The molecule has 4 rings (SSSR count). The zero-order chi connectivity index (χ0) is 32.9. The van der Waals surface area contributed by atoms with E-state index < -0.39 is 106 Å². The number of ether oxygens (including phenoxy) is 2. The van der Waals surface area contributed by atoms with Crippen LogP contribution in [0.25, 0.3) is 0 Å². The second-order valence-corrected chi connectivity index (χ2v) is 10.0. The first-order valence-corrected chi connectivity index (χ1v) is 12.6. The van der Waals surface area contributed by atoms with Crippen LogP contribution in [0.3, 0.4) is 0 Å². The fourth-order valence-electron chi connectivity index (χ4n) is 4.80. The normalized spacial score (nSPS) is 24.2. The number of piperidine rings is 1. The molecule has 1 aromatic rings. The number of likely N-dealkylation sites (tertiary alicyclic amines) is 1. The van der Waals surface area contributed by atoms with Gasteiger partial charge in [0.2, 0.25) is 0 Å². The first-order valence-electron chi connectivity index (χ1n) is 12.6. The Kier molecular flexibility index (Phi) is 8.39. The molecule has 3 fully saturated rings. The Hall–Kier alpha value is -4.66. The number of halogens is 1. The summed E-state index contributed by atoms with van der Waals surface area (Å²) in [7, 11) is 0. The van der Waals surface area contributed by atoms with Crippen molar-refractivity contribution in [1.82, 2.24) is 15.1 Å². The number of nitrogens with zero attached hydrogens (tertiary/aromatic N) is 2. The van der Waals surface area contributed by atoms with Gasteiger partial charge in [-0.2, -0.15) is 0 Å². The SMILES string of the molecule is C=C(O)/C(O)=C1/C(=O)N(C2C(=O)NC(=O)C(O)(O)C2(O)O)C/C1=C(/O)OCc1c(O)c(O)c(CN2CCOCC2)c(O)c1F. The molecule has 18 nitrogen and oxygen atoms in total. The molecular weight excluding hydrogens is 601 g/mol. The van der Waals surface area contributed by atoms with E-state index in [-0.39, 0.29) is 17.0 Å². The molecule has 0 bridgehead atoms. The summed E-state index contributed by atoms with van der Waals surface area (Å²) in [6.45, 7) is 2.04. The van der Waals surface area contributed by atoms with E-state index in [1.165, 1.54) is 5.32 Å². The van der Waals surface area contributed by atoms with Gasteiger partial charge in [-0.25, -0.2) is 4.39 Å². The predicted molar refractivity (Wildman–Crippen MR) is 136 cm³/mol. The Balaban J connectivity index is 1.69. The predicted octanol–water partition coefficient (Wildman–Crippen LogP) is -2.83. The summed E-state index contributed by atoms with van der Waals surface area (Å²) in [6, 6.07) is -2.68. The van der Waals surface area contributed by atoms with Crippen LogP contribution in [-0.4, -0.2) is 129 Å². The molecule has 0 saturated carbocycles. The number of carbonyl (C=O) groups is 3. The number of phenols is 3. The smallest absolute Gasteiger partial charge is 0.303 e. The molecule has 11 N–H and O–H groups in total. The topological polar surface area (TPSA) is 290 Å². The summed E-state index contributed by atoms with van der Waals surface area (Å²) in [5.74, 6) is -21.6. The van der Waals surface area contributed by atoms with E-state index in [9.17, 15) is 65.4 Å².